The van der Waals surface area contributed by atoms with Crippen LogP contribution < -0.4 is 0 Å². The van der Waals surface area contributed by atoms with E-state index in [4.69, 9.17) is 9.84 Å². The third-order valence-electron chi connectivity index (χ3n) is 4.40. The Balaban J connectivity index is 2.18. The van der Waals surface area contributed by atoms with Gasteiger partial charge in [0, 0.05) is 19.8 Å². The topological polar surface area (TPSA) is 101 Å². The molecule has 1 amide bonds. The average Bonchev–Trinajstić information content (AvgIpc) is 2.62. The van der Waals surface area contributed by atoms with E-state index in [2.05, 4.69) is 0 Å². The lowest BCUT2D eigenvalue weighted by Crippen LogP contribution is -2.47. The molecular weight excluding hydrogens is 365 g/mol. The third kappa shape index (κ3) is 5.01. The summed E-state index contributed by atoms with van der Waals surface area (Å²) >= 11 is 0. The molecule has 1 N–H and O–H groups in total. The van der Waals surface area contributed by atoms with Gasteiger partial charge < -0.3 is 14.7 Å². The van der Waals surface area contributed by atoms with Crippen LogP contribution in [0.2, 0.25) is 0 Å². The van der Waals surface area contributed by atoms with E-state index in [1.165, 1.54) is 31.2 Å². The zero-order valence-corrected chi connectivity index (χ0v) is 15.2. The molecule has 1 heterocycles. The smallest absolute Gasteiger partial charge is 0.323 e. The quantitative estimate of drug-likeness (QED) is 0.755. The molecule has 1 aliphatic rings. The lowest BCUT2D eigenvalue weighted by molar-refractivity contribution is -0.144. The SMILES string of the molecule is CC(C(=O)N(CC(=O)O)Cc1ccc(F)cc1)S(=O)(=O)C1CCOCC1. The molecule has 1 fully saturated rings. The Morgan fingerprint density at radius 3 is 2.38 bits per heavy atom. The number of amides is 1. The van der Waals surface area contributed by atoms with E-state index in [0.717, 1.165) is 4.90 Å². The third-order valence-corrected chi connectivity index (χ3v) is 6.99. The number of carboxylic acid groups (broad SMARTS) is 1. The van der Waals surface area contributed by atoms with E-state index in [1.807, 2.05) is 0 Å². The first kappa shape index (κ1) is 20.3. The predicted molar refractivity (Wildman–Crippen MR) is 91.7 cm³/mol. The molecule has 1 aliphatic heterocycles. The van der Waals surface area contributed by atoms with Crippen molar-refractivity contribution in [3.05, 3.63) is 35.6 Å². The molecule has 26 heavy (non-hydrogen) atoms. The minimum Gasteiger partial charge on any atom is -0.480 e. The van der Waals surface area contributed by atoms with Crippen LogP contribution in [0.1, 0.15) is 25.3 Å². The molecule has 0 aliphatic carbocycles. The maximum atomic E-state index is 13.0. The van der Waals surface area contributed by atoms with E-state index in [-0.39, 0.29) is 6.54 Å². The van der Waals surface area contributed by atoms with Crippen molar-refractivity contribution in [1.82, 2.24) is 4.90 Å². The van der Waals surface area contributed by atoms with Gasteiger partial charge in [-0.3, -0.25) is 9.59 Å². The van der Waals surface area contributed by atoms with Gasteiger partial charge in [-0.15, -0.1) is 0 Å². The van der Waals surface area contributed by atoms with Crippen LogP contribution in [0.25, 0.3) is 0 Å². The average molecular weight is 387 g/mol. The number of hydrogen-bond donors (Lipinski definition) is 1. The number of carboxylic acids is 1. The fraction of sp³-hybridized carbons (Fsp3) is 0.529. The van der Waals surface area contributed by atoms with E-state index in [0.29, 0.717) is 31.6 Å². The Morgan fingerprint density at radius 1 is 1.27 bits per heavy atom. The van der Waals surface area contributed by atoms with Crippen molar-refractivity contribution in [2.75, 3.05) is 19.8 Å². The predicted octanol–water partition coefficient (Wildman–Crippen LogP) is 1.22. The van der Waals surface area contributed by atoms with Crippen molar-refractivity contribution in [2.45, 2.75) is 36.8 Å². The van der Waals surface area contributed by atoms with Gasteiger partial charge in [-0.25, -0.2) is 12.8 Å². The number of ether oxygens (including phenoxy) is 1. The number of halogens is 1. The standard InChI is InChI=1S/C17H22FNO6S/c1-12(26(23,24)15-6-8-25-9-7-15)17(22)19(11-16(20)21)10-13-2-4-14(18)5-3-13/h2-5,12,15H,6-11H2,1H3,(H,20,21). The molecule has 0 radical (unpaired) electrons. The number of nitrogens with zero attached hydrogens (tertiary/aromatic N) is 1. The van der Waals surface area contributed by atoms with Crippen molar-refractivity contribution in [3.8, 4) is 0 Å². The first-order valence-electron chi connectivity index (χ1n) is 8.27. The molecule has 0 spiro atoms. The summed E-state index contributed by atoms with van der Waals surface area (Å²) in [6.07, 6.45) is 0.633. The van der Waals surface area contributed by atoms with Crippen LogP contribution in [0.5, 0.6) is 0 Å². The molecular formula is C17H22FNO6S. The molecule has 144 valence electrons. The van der Waals surface area contributed by atoms with Crippen LogP contribution in [-0.4, -0.2) is 60.6 Å². The van der Waals surface area contributed by atoms with Gasteiger partial charge in [0.2, 0.25) is 5.91 Å². The van der Waals surface area contributed by atoms with Crippen molar-refractivity contribution in [2.24, 2.45) is 0 Å². The normalized spacial score (nSPS) is 16.8. The van der Waals surface area contributed by atoms with Gasteiger partial charge >= 0.3 is 5.97 Å². The van der Waals surface area contributed by atoms with Crippen LogP contribution in [-0.2, 0) is 30.7 Å². The largest absolute Gasteiger partial charge is 0.480 e. The van der Waals surface area contributed by atoms with Crippen molar-refractivity contribution < 1.29 is 32.2 Å². The van der Waals surface area contributed by atoms with Gasteiger partial charge in [0.25, 0.3) is 0 Å². The number of sulfone groups is 1. The lowest BCUT2D eigenvalue weighted by atomic mass is 10.2. The van der Waals surface area contributed by atoms with Crippen molar-refractivity contribution in [3.63, 3.8) is 0 Å². The summed E-state index contributed by atoms with van der Waals surface area (Å²) in [4.78, 5) is 24.8. The van der Waals surface area contributed by atoms with Gasteiger partial charge in [0.1, 0.15) is 17.6 Å². The van der Waals surface area contributed by atoms with Crippen LogP contribution in [0.15, 0.2) is 24.3 Å². The molecule has 7 nitrogen and oxygen atoms in total. The van der Waals surface area contributed by atoms with E-state index in [9.17, 15) is 22.4 Å². The van der Waals surface area contributed by atoms with Gasteiger partial charge in [-0.2, -0.15) is 0 Å². The van der Waals surface area contributed by atoms with Crippen molar-refractivity contribution in [1.29, 1.82) is 0 Å². The molecule has 1 atom stereocenters. The minimum absolute atomic E-state index is 0.112. The second-order valence-electron chi connectivity index (χ2n) is 6.26. The second kappa shape index (κ2) is 8.59. The molecule has 0 bridgehead atoms. The number of carbonyl (C=O) groups is 2. The summed E-state index contributed by atoms with van der Waals surface area (Å²) in [5, 5.41) is 7.04. The zero-order chi connectivity index (χ0) is 19.3. The van der Waals surface area contributed by atoms with Crippen LogP contribution >= 0.6 is 0 Å². The number of aliphatic carboxylic acids is 1. The lowest BCUT2D eigenvalue weighted by Gasteiger charge is -2.28. The van der Waals surface area contributed by atoms with Gasteiger partial charge in [0.05, 0.1) is 5.25 Å². The fourth-order valence-corrected chi connectivity index (χ4v) is 4.73. The summed E-state index contributed by atoms with van der Waals surface area (Å²) in [5.74, 6) is -2.49. The highest BCUT2D eigenvalue weighted by atomic mass is 32.2. The highest BCUT2D eigenvalue weighted by Crippen LogP contribution is 2.22. The summed E-state index contributed by atoms with van der Waals surface area (Å²) in [6, 6.07) is 5.24. The summed E-state index contributed by atoms with van der Waals surface area (Å²) in [7, 11) is -3.77. The monoisotopic (exact) mass is 387 g/mol. The van der Waals surface area contributed by atoms with Crippen LogP contribution in [0.3, 0.4) is 0 Å². The minimum atomic E-state index is -3.77. The van der Waals surface area contributed by atoms with Gasteiger partial charge in [-0.1, -0.05) is 12.1 Å². The first-order valence-corrected chi connectivity index (χ1v) is 9.88. The van der Waals surface area contributed by atoms with Crippen LogP contribution in [0, 0.1) is 5.82 Å². The fourth-order valence-electron chi connectivity index (χ4n) is 2.88. The maximum absolute atomic E-state index is 13.0. The number of carbonyl (C=O) groups excluding carboxylic acids is 1. The van der Waals surface area contributed by atoms with Gasteiger partial charge in [-0.05, 0) is 37.5 Å². The number of benzene rings is 1. The first-order chi connectivity index (χ1) is 12.2. The Labute approximate surface area is 151 Å². The summed E-state index contributed by atoms with van der Waals surface area (Å²) in [6.45, 7) is 1.17. The molecule has 1 aromatic rings. The maximum Gasteiger partial charge on any atom is 0.323 e. The zero-order valence-electron chi connectivity index (χ0n) is 14.4. The Kier molecular flexibility index (Phi) is 6.71. The second-order valence-corrected chi connectivity index (χ2v) is 8.81. The van der Waals surface area contributed by atoms with E-state index in [1.54, 1.807) is 0 Å². The molecule has 1 aromatic carbocycles. The highest BCUT2D eigenvalue weighted by Gasteiger charge is 2.38. The number of hydrogen-bond acceptors (Lipinski definition) is 5. The van der Waals surface area contributed by atoms with Crippen LogP contribution in [0.4, 0.5) is 4.39 Å². The Bertz CT molecular complexity index is 743. The highest BCUT2D eigenvalue weighted by molar-refractivity contribution is 7.93. The summed E-state index contributed by atoms with van der Waals surface area (Å²) in [5.41, 5.74) is 0.511. The van der Waals surface area contributed by atoms with Crippen molar-refractivity contribution >= 4 is 21.7 Å². The molecule has 9 heteroatoms. The molecule has 2 rings (SSSR count). The molecule has 0 aromatic heterocycles. The van der Waals surface area contributed by atoms with Gasteiger partial charge in [0.15, 0.2) is 9.84 Å². The summed E-state index contributed by atoms with van der Waals surface area (Å²) < 4.78 is 43.6. The molecule has 1 saturated heterocycles. The molecule has 1 unspecified atom stereocenters. The Hall–Kier alpha value is -2.00. The molecule has 0 saturated carbocycles. The van der Waals surface area contributed by atoms with E-state index < -0.39 is 44.6 Å². The van der Waals surface area contributed by atoms with E-state index >= 15 is 0 Å². The Morgan fingerprint density at radius 2 is 1.85 bits per heavy atom. The number of rotatable bonds is 7.